The highest BCUT2D eigenvalue weighted by atomic mass is 16.6. The molecule has 5 heteroatoms. The first kappa shape index (κ1) is 14.4. The Hall–Kier alpha value is -1.62. The molecule has 100 valence electrons. The first-order valence-corrected chi connectivity index (χ1v) is 5.84. The number of carbonyl (C=O) groups excluding carboxylic acids is 1. The number of aryl methyl sites for hydroxylation is 1. The minimum atomic E-state index is -1.07. The average molecular weight is 253 g/mol. The third kappa shape index (κ3) is 4.00. The topological polar surface area (TPSA) is 68.7 Å². The molecule has 1 N–H and O–H groups in total. The van der Waals surface area contributed by atoms with E-state index < -0.39 is 11.6 Å². The normalized spacial score (nSPS) is 11.1. The molecule has 1 rings (SSSR count). The van der Waals surface area contributed by atoms with Crippen molar-refractivity contribution >= 4 is 5.97 Å². The molecule has 0 spiro atoms. The molecule has 0 unspecified atom stereocenters. The Kier molecular flexibility index (Phi) is 5.09. The van der Waals surface area contributed by atoms with Crippen LogP contribution in [0.5, 0.6) is 5.88 Å². The molecule has 5 nitrogen and oxygen atoms in total. The lowest BCUT2D eigenvalue weighted by molar-refractivity contribution is -0.156. The van der Waals surface area contributed by atoms with Crippen molar-refractivity contribution in [3.8, 4) is 5.88 Å². The standard InChI is InChI=1S/C13H19NO4/c1-13(2,12(16)17-3)18-11-8-4-6-10(14-11)7-5-9-15/h4,6,8,15H,5,7,9H2,1-3H3. The summed E-state index contributed by atoms with van der Waals surface area (Å²) in [4.78, 5) is 15.8. The minimum Gasteiger partial charge on any atom is -0.466 e. The lowest BCUT2D eigenvalue weighted by Gasteiger charge is -2.22. The van der Waals surface area contributed by atoms with Gasteiger partial charge in [0, 0.05) is 18.4 Å². The van der Waals surface area contributed by atoms with E-state index in [2.05, 4.69) is 9.72 Å². The number of hydrogen-bond acceptors (Lipinski definition) is 5. The summed E-state index contributed by atoms with van der Waals surface area (Å²) < 4.78 is 10.2. The fourth-order valence-electron chi connectivity index (χ4n) is 1.46. The summed E-state index contributed by atoms with van der Waals surface area (Å²) in [6, 6.07) is 5.35. The van der Waals surface area contributed by atoms with Crippen LogP contribution in [0.1, 0.15) is 26.0 Å². The molecule has 1 heterocycles. The van der Waals surface area contributed by atoms with Gasteiger partial charge in [-0.05, 0) is 32.8 Å². The zero-order valence-electron chi connectivity index (χ0n) is 11.0. The van der Waals surface area contributed by atoms with Gasteiger partial charge in [0.25, 0.3) is 0 Å². The predicted octanol–water partition coefficient (Wildman–Crippen LogP) is 1.34. The van der Waals surface area contributed by atoms with Crippen LogP contribution in [0.4, 0.5) is 0 Å². The van der Waals surface area contributed by atoms with Crippen LogP contribution in [0.3, 0.4) is 0 Å². The zero-order chi connectivity index (χ0) is 13.6. The summed E-state index contributed by atoms with van der Waals surface area (Å²) in [7, 11) is 1.32. The van der Waals surface area contributed by atoms with Crippen LogP contribution in [-0.4, -0.2) is 35.4 Å². The first-order valence-electron chi connectivity index (χ1n) is 5.84. The van der Waals surface area contributed by atoms with Crippen molar-refractivity contribution in [2.75, 3.05) is 13.7 Å². The van der Waals surface area contributed by atoms with E-state index in [9.17, 15) is 4.79 Å². The van der Waals surface area contributed by atoms with E-state index in [1.54, 1.807) is 19.9 Å². The number of pyridine rings is 1. The molecule has 18 heavy (non-hydrogen) atoms. The van der Waals surface area contributed by atoms with Gasteiger partial charge in [0.1, 0.15) is 0 Å². The second-order valence-electron chi connectivity index (χ2n) is 4.40. The number of aromatic nitrogens is 1. The summed E-state index contributed by atoms with van der Waals surface area (Å²) >= 11 is 0. The molecule has 1 aromatic heterocycles. The highest BCUT2D eigenvalue weighted by Gasteiger charge is 2.31. The van der Waals surface area contributed by atoms with Crippen LogP contribution in [0, 0.1) is 0 Å². The molecule has 0 aliphatic rings. The SMILES string of the molecule is COC(=O)C(C)(C)Oc1cccc(CCCO)n1. The summed E-state index contributed by atoms with van der Waals surface area (Å²) in [6.45, 7) is 3.38. The Morgan fingerprint density at radius 3 is 2.78 bits per heavy atom. The van der Waals surface area contributed by atoms with E-state index in [0.29, 0.717) is 18.7 Å². The van der Waals surface area contributed by atoms with Crippen LogP contribution in [0.25, 0.3) is 0 Å². The molecule has 0 bridgehead atoms. The number of carbonyl (C=O) groups is 1. The van der Waals surface area contributed by atoms with Gasteiger partial charge in [0.05, 0.1) is 7.11 Å². The monoisotopic (exact) mass is 253 g/mol. The van der Waals surface area contributed by atoms with Crippen molar-refractivity contribution in [2.24, 2.45) is 0 Å². The van der Waals surface area contributed by atoms with E-state index in [1.165, 1.54) is 7.11 Å². The van der Waals surface area contributed by atoms with Crippen LogP contribution < -0.4 is 4.74 Å². The number of aliphatic hydroxyl groups is 1. The van der Waals surface area contributed by atoms with Gasteiger partial charge in [-0.2, -0.15) is 0 Å². The number of nitrogens with zero attached hydrogens (tertiary/aromatic N) is 1. The number of esters is 1. The predicted molar refractivity (Wildman–Crippen MR) is 66.4 cm³/mol. The second kappa shape index (κ2) is 6.35. The average Bonchev–Trinajstić information content (AvgIpc) is 2.35. The third-order valence-electron chi connectivity index (χ3n) is 2.41. The molecule has 0 radical (unpaired) electrons. The lowest BCUT2D eigenvalue weighted by atomic mass is 10.1. The lowest BCUT2D eigenvalue weighted by Crippen LogP contribution is -2.39. The highest BCUT2D eigenvalue weighted by Crippen LogP contribution is 2.17. The van der Waals surface area contributed by atoms with E-state index >= 15 is 0 Å². The maximum atomic E-state index is 11.5. The summed E-state index contributed by atoms with van der Waals surface area (Å²) in [5.41, 5.74) is -0.251. The molecule has 0 fully saturated rings. The van der Waals surface area contributed by atoms with E-state index in [0.717, 1.165) is 5.69 Å². The van der Waals surface area contributed by atoms with Crippen LogP contribution in [0.2, 0.25) is 0 Å². The molecular weight excluding hydrogens is 234 g/mol. The van der Waals surface area contributed by atoms with Crippen LogP contribution in [-0.2, 0) is 16.0 Å². The van der Waals surface area contributed by atoms with Crippen molar-refractivity contribution in [3.63, 3.8) is 0 Å². The molecule has 0 aliphatic heterocycles. The Morgan fingerprint density at radius 2 is 2.17 bits per heavy atom. The Labute approximate surface area is 107 Å². The minimum absolute atomic E-state index is 0.125. The molecular formula is C13H19NO4. The number of aliphatic hydroxyl groups excluding tert-OH is 1. The Morgan fingerprint density at radius 1 is 1.44 bits per heavy atom. The molecule has 0 saturated heterocycles. The van der Waals surface area contributed by atoms with Gasteiger partial charge in [-0.3, -0.25) is 0 Å². The second-order valence-corrected chi connectivity index (χ2v) is 4.40. The number of rotatable bonds is 6. The van der Waals surface area contributed by atoms with Crippen molar-refractivity contribution in [1.82, 2.24) is 4.98 Å². The molecule has 1 aromatic rings. The fraction of sp³-hybridized carbons (Fsp3) is 0.538. The molecule has 0 aromatic carbocycles. The number of ether oxygens (including phenoxy) is 2. The largest absolute Gasteiger partial charge is 0.466 e. The summed E-state index contributed by atoms with van der Waals surface area (Å²) in [5.74, 6) is -0.0779. The Balaban J connectivity index is 2.75. The number of methoxy groups -OCH3 is 1. The van der Waals surface area contributed by atoms with Crippen LogP contribution in [0.15, 0.2) is 18.2 Å². The van der Waals surface area contributed by atoms with Gasteiger partial charge >= 0.3 is 5.97 Å². The van der Waals surface area contributed by atoms with Gasteiger partial charge in [-0.25, -0.2) is 9.78 Å². The zero-order valence-corrected chi connectivity index (χ0v) is 11.0. The van der Waals surface area contributed by atoms with E-state index in [1.807, 2.05) is 12.1 Å². The molecule has 0 saturated carbocycles. The smallest absolute Gasteiger partial charge is 0.349 e. The van der Waals surface area contributed by atoms with Gasteiger partial charge in [0.15, 0.2) is 0 Å². The van der Waals surface area contributed by atoms with Crippen LogP contribution >= 0.6 is 0 Å². The third-order valence-corrected chi connectivity index (χ3v) is 2.41. The maximum absolute atomic E-state index is 11.5. The maximum Gasteiger partial charge on any atom is 0.349 e. The first-order chi connectivity index (χ1) is 8.49. The Bertz CT molecular complexity index is 404. The van der Waals surface area contributed by atoms with Crippen molar-refractivity contribution in [2.45, 2.75) is 32.3 Å². The molecule has 0 amide bonds. The van der Waals surface area contributed by atoms with E-state index in [-0.39, 0.29) is 6.61 Å². The molecule has 0 aliphatic carbocycles. The van der Waals surface area contributed by atoms with E-state index in [4.69, 9.17) is 9.84 Å². The summed E-state index contributed by atoms with van der Waals surface area (Å²) in [5, 5.41) is 8.77. The van der Waals surface area contributed by atoms with Gasteiger partial charge < -0.3 is 14.6 Å². The highest BCUT2D eigenvalue weighted by molar-refractivity contribution is 5.78. The van der Waals surface area contributed by atoms with Gasteiger partial charge in [-0.15, -0.1) is 0 Å². The van der Waals surface area contributed by atoms with Crippen molar-refractivity contribution in [3.05, 3.63) is 23.9 Å². The number of hydrogen-bond donors (Lipinski definition) is 1. The fourth-order valence-corrected chi connectivity index (χ4v) is 1.46. The van der Waals surface area contributed by atoms with Gasteiger partial charge in [0.2, 0.25) is 11.5 Å². The van der Waals surface area contributed by atoms with Crippen molar-refractivity contribution < 1.29 is 19.4 Å². The summed E-state index contributed by atoms with van der Waals surface area (Å²) in [6.07, 6.45) is 1.32. The molecule has 0 atom stereocenters. The van der Waals surface area contributed by atoms with Crippen molar-refractivity contribution in [1.29, 1.82) is 0 Å². The van der Waals surface area contributed by atoms with Gasteiger partial charge in [-0.1, -0.05) is 6.07 Å². The quantitative estimate of drug-likeness (QED) is 0.775.